The molecule has 5 nitrogen and oxygen atoms in total. The van der Waals surface area contributed by atoms with E-state index in [1.807, 2.05) is 24.3 Å². The largest absolute Gasteiger partial charge is 0.448 e. The van der Waals surface area contributed by atoms with Crippen molar-refractivity contribution >= 4 is 5.91 Å². The fourth-order valence-electron chi connectivity index (χ4n) is 3.55. The number of amides is 1. The van der Waals surface area contributed by atoms with Gasteiger partial charge in [0.15, 0.2) is 11.6 Å². The lowest BCUT2D eigenvalue weighted by Crippen LogP contribution is -2.31. The zero-order chi connectivity index (χ0) is 18.8. The first-order valence-electron chi connectivity index (χ1n) is 9.04. The Morgan fingerprint density at radius 3 is 2.85 bits per heavy atom. The SMILES string of the molecule is Cc1nc(C(=O)N2CCC[C@H]2c2cccc(Cc3ccccc3F)n2)co1. The second-order valence-corrected chi connectivity index (χ2v) is 6.73. The molecule has 2 aromatic heterocycles. The molecule has 0 N–H and O–H groups in total. The summed E-state index contributed by atoms with van der Waals surface area (Å²) in [6.07, 6.45) is 3.57. The van der Waals surface area contributed by atoms with Gasteiger partial charge in [0.05, 0.1) is 11.7 Å². The lowest BCUT2D eigenvalue weighted by molar-refractivity contribution is 0.0726. The molecule has 1 aromatic carbocycles. The standard InChI is InChI=1S/C21H20FN3O2/c1-14-23-19(13-27-14)21(26)25-11-5-10-20(25)18-9-4-7-16(24-18)12-15-6-2-3-8-17(15)22/h2-4,6-9,13,20H,5,10-12H2,1H3/t20-/m0/s1. The second kappa shape index (κ2) is 7.31. The molecule has 1 aliphatic heterocycles. The second-order valence-electron chi connectivity index (χ2n) is 6.73. The van der Waals surface area contributed by atoms with E-state index in [9.17, 15) is 9.18 Å². The van der Waals surface area contributed by atoms with Crippen molar-refractivity contribution in [1.29, 1.82) is 0 Å². The van der Waals surface area contributed by atoms with Crippen molar-refractivity contribution in [3.63, 3.8) is 0 Å². The molecule has 0 unspecified atom stereocenters. The summed E-state index contributed by atoms with van der Waals surface area (Å²) in [4.78, 5) is 23.5. The normalized spacial score (nSPS) is 16.7. The smallest absolute Gasteiger partial charge is 0.276 e. The molecule has 0 saturated carbocycles. The zero-order valence-corrected chi connectivity index (χ0v) is 15.1. The average molecular weight is 365 g/mol. The molecule has 0 aliphatic carbocycles. The van der Waals surface area contributed by atoms with Crippen LogP contribution in [0.15, 0.2) is 53.1 Å². The minimum absolute atomic E-state index is 0.102. The lowest BCUT2D eigenvalue weighted by Gasteiger charge is -2.23. The first-order valence-corrected chi connectivity index (χ1v) is 9.04. The Bertz CT molecular complexity index is 969. The van der Waals surface area contributed by atoms with Gasteiger partial charge in [-0.05, 0) is 36.6 Å². The number of aromatic nitrogens is 2. The van der Waals surface area contributed by atoms with E-state index in [4.69, 9.17) is 9.40 Å². The molecule has 3 aromatic rings. The van der Waals surface area contributed by atoms with Crippen molar-refractivity contribution in [2.75, 3.05) is 6.54 Å². The van der Waals surface area contributed by atoms with Crippen molar-refractivity contribution in [2.24, 2.45) is 0 Å². The van der Waals surface area contributed by atoms with Crippen LogP contribution in [0.3, 0.4) is 0 Å². The zero-order valence-electron chi connectivity index (χ0n) is 15.1. The molecule has 138 valence electrons. The molecule has 0 radical (unpaired) electrons. The number of aryl methyl sites for hydroxylation is 1. The van der Waals surface area contributed by atoms with E-state index < -0.39 is 0 Å². The number of pyridine rings is 1. The van der Waals surface area contributed by atoms with Gasteiger partial charge in [0.2, 0.25) is 0 Å². The molecule has 1 atom stereocenters. The van der Waals surface area contributed by atoms with Gasteiger partial charge in [0.25, 0.3) is 5.91 Å². The maximum absolute atomic E-state index is 13.9. The predicted molar refractivity (Wildman–Crippen MR) is 97.7 cm³/mol. The van der Waals surface area contributed by atoms with Gasteiger partial charge in [-0.3, -0.25) is 9.78 Å². The van der Waals surface area contributed by atoms with Crippen LogP contribution < -0.4 is 0 Å². The number of hydrogen-bond acceptors (Lipinski definition) is 4. The Hall–Kier alpha value is -3.02. The first kappa shape index (κ1) is 17.4. The van der Waals surface area contributed by atoms with Crippen LogP contribution in [0.1, 0.15) is 52.2 Å². The van der Waals surface area contributed by atoms with Gasteiger partial charge in [0, 0.05) is 25.6 Å². The van der Waals surface area contributed by atoms with Crippen LogP contribution in [-0.2, 0) is 6.42 Å². The van der Waals surface area contributed by atoms with Crippen LogP contribution in [0, 0.1) is 12.7 Å². The minimum atomic E-state index is -0.233. The van der Waals surface area contributed by atoms with Crippen LogP contribution in [0.5, 0.6) is 0 Å². The fourth-order valence-corrected chi connectivity index (χ4v) is 3.55. The molecule has 1 amide bonds. The number of hydrogen-bond donors (Lipinski definition) is 0. The number of benzene rings is 1. The molecule has 0 spiro atoms. The summed E-state index contributed by atoms with van der Waals surface area (Å²) in [7, 11) is 0. The summed E-state index contributed by atoms with van der Waals surface area (Å²) in [5, 5.41) is 0. The van der Waals surface area contributed by atoms with Gasteiger partial charge in [-0.1, -0.05) is 24.3 Å². The third-order valence-corrected chi connectivity index (χ3v) is 4.85. The fraction of sp³-hybridized carbons (Fsp3) is 0.286. The summed E-state index contributed by atoms with van der Waals surface area (Å²) in [5.41, 5.74) is 2.55. The number of carbonyl (C=O) groups excluding carboxylic acids is 1. The van der Waals surface area contributed by atoms with Crippen LogP contribution >= 0.6 is 0 Å². The lowest BCUT2D eigenvalue weighted by atomic mass is 10.1. The maximum atomic E-state index is 13.9. The van der Waals surface area contributed by atoms with Gasteiger partial charge in [-0.15, -0.1) is 0 Å². The van der Waals surface area contributed by atoms with Crippen LogP contribution in [0.4, 0.5) is 4.39 Å². The number of halogens is 1. The molecule has 1 aliphatic rings. The molecule has 4 rings (SSSR count). The predicted octanol–water partition coefficient (Wildman–Crippen LogP) is 4.09. The Morgan fingerprint density at radius 1 is 1.22 bits per heavy atom. The number of rotatable bonds is 4. The molecular weight excluding hydrogens is 345 g/mol. The van der Waals surface area contributed by atoms with Gasteiger partial charge in [0.1, 0.15) is 12.1 Å². The first-order chi connectivity index (χ1) is 13.1. The summed E-state index contributed by atoms with van der Waals surface area (Å²) in [5.74, 6) is 0.0959. The average Bonchev–Trinajstić information content (AvgIpc) is 3.32. The van der Waals surface area contributed by atoms with Crippen molar-refractivity contribution < 1.29 is 13.6 Å². The van der Waals surface area contributed by atoms with E-state index in [0.717, 1.165) is 24.2 Å². The number of oxazole rings is 1. The van der Waals surface area contributed by atoms with Gasteiger partial charge in [-0.2, -0.15) is 0 Å². The molecule has 1 fully saturated rings. The Labute approximate surface area is 156 Å². The van der Waals surface area contributed by atoms with Crippen LogP contribution in [0.2, 0.25) is 0 Å². The molecule has 3 heterocycles. The Morgan fingerprint density at radius 2 is 2.07 bits per heavy atom. The highest BCUT2D eigenvalue weighted by Crippen LogP contribution is 2.32. The molecule has 6 heteroatoms. The third-order valence-electron chi connectivity index (χ3n) is 4.85. The third kappa shape index (κ3) is 3.60. The highest BCUT2D eigenvalue weighted by molar-refractivity contribution is 5.92. The van der Waals surface area contributed by atoms with E-state index in [1.165, 1.54) is 12.3 Å². The topological polar surface area (TPSA) is 59.2 Å². The van der Waals surface area contributed by atoms with Gasteiger partial charge >= 0.3 is 0 Å². The highest BCUT2D eigenvalue weighted by Gasteiger charge is 2.32. The number of carbonyl (C=O) groups is 1. The molecular formula is C21H20FN3O2. The Kier molecular flexibility index (Phi) is 4.71. The highest BCUT2D eigenvalue weighted by atomic mass is 19.1. The summed E-state index contributed by atoms with van der Waals surface area (Å²) in [6.45, 7) is 2.38. The van der Waals surface area contributed by atoms with E-state index in [-0.39, 0.29) is 17.8 Å². The minimum Gasteiger partial charge on any atom is -0.448 e. The number of nitrogens with zero attached hydrogens (tertiary/aromatic N) is 3. The number of likely N-dealkylation sites (tertiary alicyclic amines) is 1. The van der Waals surface area contributed by atoms with Crippen LogP contribution in [0.25, 0.3) is 0 Å². The van der Waals surface area contributed by atoms with Gasteiger partial charge < -0.3 is 9.32 Å². The molecule has 1 saturated heterocycles. The maximum Gasteiger partial charge on any atom is 0.276 e. The summed E-state index contributed by atoms with van der Waals surface area (Å²) >= 11 is 0. The van der Waals surface area contributed by atoms with Crippen molar-refractivity contribution in [2.45, 2.75) is 32.2 Å². The van der Waals surface area contributed by atoms with Gasteiger partial charge in [-0.25, -0.2) is 9.37 Å². The van der Waals surface area contributed by atoms with Crippen molar-refractivity contribution in [3.05, 3.63) is 83.1 Å². The van der Waals surface area contributed by atoms with Crippen molar-refractivity contribution in [3.8, 4) is 0 Å². The Balaban J connectivity index is 1.57. The van der Waals surface area contributed by atoms with Crippen molar-refractivity contribution in [1.82, 2.24) is 14.9 Å². The molecule has 0 bridgehead atoms. The van der Waals surface area contributed by atoms with Crippen LogP contribution in [-0.4, -0.2) is 27.3 Å². The summed E-state index contributed by atoms with van der Waals surface area (Å²) in [6, 6.07) is 12.3. The van der Waals surface area contributed by atoms with E-state index in [0.29, 0.717) is 30.1 Å². The van der Waals surface area contributed by atoms with E-state index >= 15 is 0 Å². The monoisotopic (exact) mass is 365 g/mol. The quantitative estimate of drug-likeness (QED) is 0.699. The van der Waals surface area contributed by atoms with E-state index in [2.05, 4.69) is 4.98 Å². The van der Waals surface area contributed by atoms with E-state index in [1.54, 1.807) is 24.0 Å². The molecule has 27 heavy (non-hydrogen) atoms. The summed E-state index contributed by atoms with van der Waals surface area (Å²) < 4.78 is 19.1.